The Hall–Kier alpha value is -2.10. The molecule has 0 aromatic carbocycles. The van der Waals surface area contributed by atoms with Gasteiger partial charge in [-0.2, -0.15) is 5.84 Å². The van der Waals surface area contributed by atoms with Gasteiger partial charge in [0, 0.05) is 6.54 Å². The third-order valence-electron chi connectivity index (χ3n) is 1.76. The van der Waals surface area contributed by atoms with E-state index < -0.39 is 17.0 Å². The average Bonchev–Trinajstić information content (AvgIpc) is 2.15. The first-order chi connectivity index (χ1) is 7.36. The molecule has 0 spiro atoms. The Balaban J connectivity index is 4.10. The summed E-state index contributed by atoms with van der Waals surface area (Å²) in [7, 11) is 0. The number of carboxylic acids is 1. The van der Waals surface area contributed by atoms with E-state index in [1.165, 1.54) is 0 Å². The molecule has 0 aliphatic heterocycles. The summed E-state index contributed by atoms with van der Waals surface area (Å²) in [5.74, 6) is 3.35. The fourth-order valence-electron chi connectivity index (χ4n) is 1.00. The van der Waals surface area contributed by atoms with Crippen LogP contribution in [0.4, 0.5) is 0 Å². The fraction of sp³-hybridized carbons (Fsp3) is 0.667. The predicted octanol–water partition coefficient (Wildman–Crippen LogP) is -1.93. The number of nitrogens with zero attached hydrogens (tertiary/aromatic N) is 2. The van der Waals surface area contributed by atoms with Crippen LogP contribution in [0.3, 0.4) is 0 Å². The van der Waals surface area contributed by atoms with E-state index in [2.05, 4.69) is 5.32 Å². The topological polar surface area (TPSA) is 172 Å². The lowest BCUT2D eigenvalue weighted by Gasteiger charge is -2.16. The van der Waals surface area contributed by atoms with E-state index in [1.54, 1.807) is 0 Å². The summed E-state index contributed by atoms with van der Waals surface area (Å²) in [5, 5.41) is 27.3. The summed E-state index contributed by atoms with van der Waals surface area (Å²) in [6.07, 6.45) is 0.269. The molecule has 10 heteroatoms. The molecular weight excluding hydrogens is 220 g/mol. The van der Waals surface area contributed by atoms with E-state index in [0.29, 0.717) is 0 Å². The van der Waals surface area contributed by atoms with Crippen molar-refractivity contribution in [2.75, 3.05) is 6.54 Å². The largest absolute Gasteiger partial charge is 0.480 e. The van der Waals surface area contributed by atoms with Crippen molar-refractivity contribution in [3.05, 3.63) is 10.1 Å². The van der Waals surface area contributed by atoms with Crippen molar-refractivity contribution in [3.8, 4) is 0 Å². The van der Waals surface area contributed by atoms with Crippen LogP contribution in [0.2, 0.25) is 0 Å². The number of nitrogens with one attached hydrogen (secondary N) is 2. The molecule has 0 rings (SSSR count). The molecule has 92 valence electrons. The Morgan fingerprint density at radius 2 is 2.25 bits per heavy atom. The number of aliphatic carboxylic acids is 1. The molecule has 1 atom stereocenters. The number of hydrogen-bond donors (Lipinski definition) is 5. The number of hydrogen-bond acceptors (Lipinski definition) is 5. The maximum Gasteiger partial charge on any atom is 0.334 e. The second-order valence-corrected chi connectivity index (χ2v) is 2.95. The first-order valence-corrected chi connectivity index (χ1v) is 4.35. The zero-order valence-electron chi connectivity index (χ0n) is 8.42. The number of carboxylic acid groups (broad SMARTS) is 1. The Labute approximate surface area is 90.8 Å². The second-order valence-electron chi connectivity index (χ2n) is 2.95. The van der Waals surface area contributed by atoms with Gasteiger partial charge in [-0.3, -0.25) is 5.41 Å². The summed E-state index contributed by atoms with van der Waals surface area (Å²) in [6.45, 7) is 0.255. The van der Waals surface area contributed by atoms with E-state index >= 15 is 0 Å². The SMILES string of the molecule is N=C(N)NCCC[C@@H](C(=O)O)N(N)[N+](=O)[O-]. The van der Waals surface area contributed by atoms with Gasteiger partial charge in [0.1, 0.15) is 0 Å². The Morgan fingerprint density at radius 1 is 1.69 bits per heavy atom. The Morgan fingerprint density at radius 3 is 2.62 bits per heavy atom. The van der Waals surface area contributed by atoms with Crippen LogP contribution in [0.1, 0.15) is 12.8 Å². The molecule has 0 fully saturated rings. The van der Waals surface area contributed by atoms with Crippen LogP contribution in [0.5, 0.6) is 0 Å². The van der Waals surface area contributed by atoms with Crippen LogP contribution in [-0.4, -0.2) is 39.8 Å². The highest BCUT2D eigenvalue weighted by Crippen LogP contribution is 2.03. The van der Waals surface area contributed by atoms with Crippen molar-refractivity contribution in [1.82, 2.24) is 10.4 Å². The molecule has 0 amide bonds. The molecule has 0 saturated carbocycles. The van der Waals surface area contributed by atoms with Gasteiger partial charge >= 0.3 is 5.97 Å². The summed E-state index contributed by atoms with van der Waals surface area (Å²) in [4.78, 5) is 20.9. The van der Waals surface area contributed by atoms with Gasteiger partial charge in [0.2, 0.25) is 6.04 Å². The predicted molar refractivity (Wildman–Crippen MR) is 53.6 cm³/mol. The van der Waals surface area contributed by atoms with Crippen molar-refractivity contribution < 1.29 is 14.9 Å². The normalized spacial score (nSPS) is 11.6. The molecule has 0 unspecified atom stereocenters. The quantitative estimate of drug-likeness (QED) is 0.0845. The van der Waals surface area contributed by atoms with Crippen LogP contribution in [0, 0.1) is 15.5 Å². The zero-order chi connectivity index (χ0) is 12.7. The Bertz CT molecular complexity index is 282. The maximum atomic E-state index is 10.7. The van der Waals surface area contributed by atoms with Crippen LogP contribution < -0.4 is 16.9 Å². The smallest absolute Gasteiger partial charge is 0.334 e. The average molecular weight is 234 g/mol. The first-order valence-electron chi connectivity index (χ1n) is 4.35. The van der Waals surface area contributed by atoms with E-state index in [-0.39, 0.29) is 30.5 Å². The number of nitro groups is 1. The minimum Gasteiger partial charge on any atom is -0.480 e. The number of nitrogens with two attached hydrogens (primary N) is 2. The molecule has 0 saturated heterocycles. The third-order valence-corrected chi connectivity index (χ3v) is 1.76. The zero-order valence-corrected chi connectivity index (χ0v) is 8.42. The number of guanidine groups is 1. The van der Waals surface area contributed by atoms with Gasteiger partial charge in [-0.05, 0) is 18.0 Å². The van der Waals surface area contributed by atoms with Gasteiger partial charge in [-0.25, -0.2) is 14.9 Å². The number of carbonyl (C=O) groups is 1. The fourth-order valence-corrected chi connectivity index (χ4v) is 1.00. The lowest BCUT2D eigenvalue weighted by Crippen LogP contribution is -2.49. The van der Waals surface area contributed by atoms with Crippen molar-refractivity contribution in [3.63, 3.8) is 0 Å². The summed E-state index contributed by atoms with van der Waals surface area (Å²) < 4.78 is 0. The van der Waals surface area contributed by atoms with Gasteiger partial charge in [0.05, 0.1) is 0 Å². The standard InChI is InChI=1S/C6H14N6O4/c7-6(8)10-3-1-2-4(5(13)14)11(9)12(15)16/h4H,1-3,9H2,(H,13,14)(H4,7,8,10)/t4-/m0/s1. The monoisotopic (exact) mass is 234 g/mol. The third kappa shape index (κ3) is 4.95. The molecule has 0 aromatic rings. The summed E-state index contributed by atoms with van der Waals surface area (Å²) in [5.41, 5.74) is 4.99. The lowest BCUT2D eigenvalue weighted by molar-refractivity contribution is -0.664. The van der Waals surface area contributed by atoms with E-state index in [1.807, 2.05) is 0 Å². The highest BCUT2D eigenvalue weighted by Gasteiger charge is 2.29. The van der Waals surface area contributed by atoms with E-state index in [4.69, 9.17) is 22.1 Å². The molecule has 0 aromatic heterocycles. The van der Waals surface area contributed by atoms with Gasteiger partial charge in [-0.1, -0.05) is 0 Å². The van der Waals surface area contributed by atoms with Gasteiger partial charge in [-0.15, -0.1) is 0 Å². The van der Waals surface area contributed by atoms with Crippen LogP contribution >= 0.6 is 0 Å². The van der Waals surface area contributed by atoms with Crippen LogP contribution in [0.25, 0.3) is 0 Å². The molecular formula is C6H14N6O4. The molecule has 16 heavy (non-hydrogen) atoms. The molecule has 0 aliphatic rings. The lowest BCUT2D eigenvalue weighted by atomic mass is 10.1. The highest BCUT2D eigenvalue weighted by atomic mass is 16.7. The summed E-state index contributed by atoms with van der Waals surface area (Å²) in [6, 6.07) is -1.40. The van der Waals surface area contributed by atoms with Gasteiger partial charge in [0.25, 0.3) is 0 Å². The van der Waals surface area contributed by atoms with Crippen LogP contribution in [0.15, 0.2) is 0 Å². The maximum absolute atomic E-state index is 10.7. The molecule has 0 heterocycles. The number of hydrazine groups is 2. The molecule has 0 radical (unpaired) electrons. The van der Waals surface area contributed by atoms with E-state index in [9.17, 15) is 14.9 Å². The van der Waals surface area contributed by atoms with Crippen molar-refractivity contribution in [2.24, 2.45) is 11.6 Å². The van der Waals surface area contributed by atoms with Gasteiger partial charge in [0.15, 0.2) is 11.0 Å². The van der Waals surface area contributed by atoms with Crippen molar-refractivity contribution in [2.45, 2.75) is 18.9 Å². The molecule has 10 nitrogen and oxygen atoms in total. The Kier molecular flexibility index (Phi) is 5.56. The number of rotatable bonds is 7. The minimum atomic E-state index is -1.40. The van der Waals surface area contributed by atoms with Crippen molar-refractivity contribution >= 4 is 11.9 Å². The first kappa shape index (κ1) is 13.9. The summed E-state index contributed by atoms with van der Waals surface area (Å²) >= 11 is 0. The van der Waals surface area contributed by atoms with E-state index in [0.717, 1.165) is 0 Å². The molecule has 7 N–H and O–H groups in total. The second kappa shape index (κ2) is 6.40. The van der Waals surface area contributed by atoms with Gasteiger partial charge < -0.3 is 16.2 Å². The molecule has 0 aliphatic carbocycles. The molecule has 0 bridgehead atoms. The highest BCUT2D eigenvalue weighted by molar-refractivity contribution is 5.74. The minimum absolute atomic E-state index is 0.0207. The van der Waals surface area contributed by atoms with Crippen molar-refractivity contribution in [1.29, 1.82) is 5.41 Å². The van der Waals surface area contributed by atoms with Crippen LogP contribution in [-0.2, 0) is 4.79 Å².